The molecular formula is C17H19Cl2N3O5. The number of hydrogen-bond donors (Lipinski definition) is 2. The standard InChI is InChI=1S/C17H19Cl2N3O5/c1-17(2)15(25)22(16(26)21-17)7-3-4-14(24)27-9-13(23)20-12-8-10(18)5-6-11(12)19/h5-6,8H,3-4,7,9H2,1-2H3,(H,20,23)(H,21,26). The Kier molecular flexibility index (Phi) is 6.67. The number of carbonyl (C=O) groups excluding carboxylic acids is 4. The highest BCUT2D eigenvalue weighted by Crippen LogP contribution is 2.25. The average Bonchev–Trinajstić information content (AvgIpc) is 2.78. The van der Waals surface area contributed by atoms with Crippen LogP contribution in [0.25, 0.3) is 0 Å². The molecule has 1 aliphatic heterocycles. The second-order valence-corrected chi connectivity index (χ2v) is 7.29. The molecule has 0 aromatic heterocycles. The number of amides is 4. The van der Waals surface area contributed by atoms with Gasteiger partial charge < -0.3 is 15.4 Å². The number of hydrogen-bond acceptors (Lipinski definition) is 5. The number of nitrogens with one attached hydrogen (secondary N) is 2. The van der Waals surface area contributed by atoms with Crippen molar-refractivity contribution in [1.29, 1.82) is 0 Å². The van der Waals surface area contributed by atoms with Crippen LogP contribution in [0, 0.1) is 0 Å². The molecule has 2 N–H and O–H groups in total. The van der Waals surface area contributed by atoms with Crippen molar-refractivity contribution in [2.75, 3.05) is 18.5 Å². The number of carbonyl (C=O) groups is 4. The van der Waals surface area contributed by atoms with Gasteiger partial charge in [-0.2, -0.15) is 0 Å². The Hall–Kier alpha value is -2.32. The minimum atomic E-state index is -0.947. The van der Waals surface area contributed by atoms with Crippen LogP contribution in [0.3, 0.4) is 0 Å². The van der Waals surface area contributed by atoms with Crippen LogP contribution < -0.4 is 10.6 Å². The Morgan fingerprint density at radius 3 is 2.59 bits per heavy atom. The van der Waals surface area contributed by atoms with E-state index in [-0.39, 0.29) is 25.3 Å². The third-order valence-electron chi connectivity index (χ3n) is 3.77. The third-order valence-corrected chi connectivity index (χ3v) is 4.34. The summed E-state index contributed by atoms with van der Waals surface area (Å²) in [6.45, 7) is 2.81. The maximum Gasteiger partial charge on any atom is 0.325 e. The molecule has 1 aromatic rings. The SMILES string of the molecule is CC1(C)NC(=O)N(CCCC(=O)OCC(=O)Nc2cc(Cl)ccc2Cl)C1=O. The van der Waals surface area contributed by atoms with E-state index in [1.165, 1.54) is 12.1 Å². The van der Waals surface area contributed by atoms with E-state index in [0.717, 1.165) is 4.90 Å². The molecule has 0 aliphatic carbocycles. The highest BCUT2D eigenvalue weighted by molar-refractivity contribution is 6.35. The van der Waals surface area contributed by atoms with Gasteiger partial charge in [-0.1, -0.05) is 23.2 Å². The molecule has 27 heavy (non-hydrogen) atoms. The van der Waals surface area contributed by atoms with E-state index in [4.69, 9.17) is 27.9 Å². The van der Waals surface area contributed by atoms with Crippen molar-refractivity contribution in [3.8, 4) is 0 Å². The average molecular weight is 416 g/mol. The molecule has 0 bridgehead atoms. The summed E-state index contributed by atoms with van der Waals surface area (Å²) in [6, 6.07) is 4.09. The van der Waals surface area contributed by atoms with Crippen molar-refractivity contribution in [3.05, 3.63) is 28.2 Å². The van der Waals surface area contributed by atoms with E-state index in [9.17, 15) is 19.2 Å². The summed E-state index contributed by atoms with van der Waals surface area (Å²) < 4.78 is 4.87. The molecule has 0 unspecified atom stereocenters. The zero-order chi connectivity index (χ0) is 20.2. The first-order valence-electron chi connectivity index (χ1n) is 8.15. The van der Waals surface area contributed by atoms with Crippen LogP contribution in [-0.2, 0) is 19.1 Å². The molecule has 1 heterocycles. The fourth-order valence-electron chi connectivity index (χ4n) is 2.40. The molecule has 1 aromatic carbocycles. The van der Waals surface area contributed by atoms with Gasteiger partial charge >= 0.3 is 12.0 Å². The van der Waals surface area contributed by atoms with Crippen LogP contribution in [0.1, 0.15) is 26.7 Å². The lowest BCUT2D eigenvalue weighted by molar-refractivity contribution is -0.147. The molecule has 10 heteroatoms. The summed E-state index contributed by atoms with van der Waals surface area (Å²) in [5.74, 6) is -1.53. The summed E-state index contributed by atoms with van der Waals surface area (Å²) in [7, 11) is 0. The molecule has 0 spiro atoms. The van der Waals surface area contributed by atoms with Gasteiger partial charge in [-0.25, -0.2) is 4.79 Å². The molecular weight excluding hydrogens is 397 g/mol. The Morgan fingerprint density at radius 1 is 1.26 bits per heavy atom. The quantitative estimate of drug-likeness (QED) is 0.525. The lowest BCUT2D eigenvalue weighted by Crippen LogP contribution is -2.40. The Balaban J connectivity index is 1.72. The maximum atomic E-state index is 12.0. The Bertz CT molecular complexity index is 782. The van der Waals surface area contributed by atoms with E-state index >= 15 is 0 Å². The van der Waals surface area contributed by atoms with Crippen LogP contribution in [0.4, 0.5) is 10.5 Å². The van der Waals surface area contributed by atoms with Gasteiger partial charge in [0.25, 0.3) is 11.8 Å². The van der Waals surface area contributed by atoms with Gasteiger partial charge in [0.15, 0.2) is 6.61 Å². The predicted octanol–water partition coefficient (Wildman–Crippen LogP) is 2.59. The number of rotatable bonds is 7. The van der Waals surface area contributed by atoms with Crippen molar-refractivity contribution >= 4 is 52.7 Å². The summed E-state index contributed by atoms with van der Waals surface area (Å²) >= 11 is 11.8. The molecule has 0 radical (unpaired) electrons. The van der Waals surface area contributed by atoms with Crippen molar-refractivity contribution < 1.29 is 23.9 Å². The Labute approximate surface area is 166 Å². The van der Waals surface area contributed by atoms with Gasteiger partial charge in [0.05, 0.1) is 10.7 Å². The van der Waals surface area contributed by atoms with Gasteiger partial charge in [-0.3, -0.25) is 19.3 Å². The van der Waals surface area contributed by atoms with Gasteiger partial charge in [0.2, 0.25) is 0 Å². The monoisotopic (exact) mass is 415 g/mol. The van der Waals surface area contributed by atoms with Crippen molar-refractivity contribution in [1.82, 2.24) is 10.2 Å². The minimum Gasteiger partial charge on any atom is -0.456 e. The number of benzene rings is 1. The lowest BCUT2D eigenvalue weighted by atomic mass is 10.1. The predicted molar refractivity (Wildman–Crippen MR) is 99.6 cm³/mol. The molecule has 8 nitrogen and oxygen atoms in total. The van der Waals surface area contributed by atoms with E-state index in [1.54, 1.807) is 19.9 Å². The minimum absolute atomic E-state index is 0.0390. The van der Waals surface area contributed by atoms with Crippen molar-refractivity contribution in [2.24, 2.45) is 0 Å². The van der Waals surface area contributed by atoms with Gasteiger partial charge in [0.1, 0.15) is 5.54 Å². The first-order valence-corrected chi connectivity index (χ1v) is 8.90. The van der Waals surface area contributed by atoms with E-state index < -0.39 is 30.1 Å². The first kappa shape index (κ1) is 21.0. The first-order chi connectivity index (χ1) is 12.6. The topological polar surface area (TPSA) is 105 Å². The highest BCUT2D eigenvalue weighted by atomic mass is 35.5. The maximum absolute atomic E-state index is 12.0. The normalized spacial score (nSPS) is 15.5. The molecule has 2 rings (SSSR count). The second kappa shape index (κ2) is 8.58. The summed E-state index contributed by atoms with van der Waals surface area (Å²) in [5.41, 5.74) is -0.636. The third kappa shape index (κ3) is 5.58. The number of ether oxygens (including phenoxy) is 1. The number of nitrogens with zero attached hydrogens (tertiary/aromatic N) is 1. The van der Waals surface area contributed by atoms with Gasteiger partial charge in [-0.05, 0) is 38.5 Å². The summed E-state index contributed by atoms with van der Waals surface area (Å²) in [4.78, 5) is 48.3. The molecule has 1 aliphatic rings. The number of urea groups is 1. The number of imide groups is 1. The molecule has 1 saturated heterocycles. The van der Waals surface area contributed by atoms with Crippen LogP contribution in [0.5, 0.6) is 0 Å². The van der Waals surface area contributed by atoms with Crippen molar-refractivity contribution in [2.45, 2.75) is 32.2 Å². The van der Waals surface area contributed by atoms with Crippen molar-refractivity contribution in [3.63, 3.8) is 0 Å². The van der Waals surface area contributed by atoms with Crippen LogP contribution in [0.2, 0.25) is 10.0 Å². The molecule has 1 fully saturated rings. The second-order valence-electron chi connectivity index (χ2n) is 6.45. The zero-order valence-corrected chi connectivity index (χ0v) is 16.3. The highest BCUT2D eigenvalue weighted by Gasteiger charge is 2.43. The molecule has 0 atom stereocenters. The van der Waals surface area contributed by atoms with Gasteiger partial charge in [-0.15, -0.1) is 0 Å². The summed E-state index contributed by atoms with van der Waals surface area (Å²) in [6.07, 6.45) is 0.193. The Morgan fingerprint density at radius 2 is 1.96 bits per heavy atom. The van der Waals surface area contributed by atoms with E-state index in [0.29, 0.717) is 15.7 Å². The molecule has 146 valence electrons. The summed E-state index contributed by atoms with van der Waals surface area (Å²) in [5, 5.41) is 5.74. The number of halogens is 2. The number of esters is 1. The number of anilines is 1. The smallest absolute Gasteiger partial charge is 0.325 e. The van der Waals surface area contributed by atoms with E-state index in [1.807, 2.05) is 0 Å². The fraction of sp³-hybridized carbons (Fsp3) is 0.412. The van der Waals surface area contributed by atoms with Crippen LogP contribution in [0.15, 0.2) is 18.2 Å². The fourth-order valence-corrected chi connectivity index (χ4v) is 2.74. The lowest BCUT2D eigenvalue weighted by Gasteiger charge is -2.15. The molecule has 0 saturated carbocycles. The van der Waals surface area contributed by atoms with Crippen LogP contribution >= 0.6 is 23.2 Å². The zero-order valence-electron chi connectivity index (χ0n) is 14.8. The van der Waals surface area contributed by atoms with E-state index in [2.05, 4.69) is 10.6 Å². The molecule has 4 amide bonds. The van der Waals surface area contributed by atoms with Gasteiger partial charge in [0, 0.05) is 18.0 Å². The van der Waals surface area contributed by atoms with Crippen LogP contribution in [-0.4, -0.2) is 47.4 Å². The largest absolute Gasteiger partial charge is 0.456 e.